The number of amides is 2. The fourth-order valence-electron chi connectivity index (χ4n) is 3.36. The topological polar surface area (TPSA) is 114 Å². The molecule has 3 aromatic rings. The van der Waals surface area contributed by atoms with Crippen LogP contribution in [0, 0.1) is 5.92 Å². The van der Waals surface area contributed by atoms with Gasteiger partial charge in [0.2, 0.25) is 21.8 Å². The molecule has 3 rings (SSSR count). The third-order valence-electron chi connectivity index (χ3n) is 5.04. The van der Waals surface area contributed by atoms with Gasteiger partial charge in [-0.25, -0.2) is 8.42 Å². The predicted molar refractivity (Wildman–Crippen MR) is 129 cm³/mol. The van der Waals surface area contributed by atoms with Crippen LogP contribution < -0.4 is 20.1 Å². The molecule has 0 saturated heterocycles. The number of carbonyl (C=O) groups is 2. The van der Waals surface area contributed by atoms with E-state index >= 15 is 0 Å². The summed E-state index contributed by atoms with van der Waals surface area (Å²) in [5, 5.41) is 7.06. The molecule has 33 heavy (non-hydrogen) atoms. The van der Waals surface area contributed by atoms with Crippen molar-refractivity contribution < 1.29 is 22.7 Å². The van der Waals surface area contributed by atoms with Crippen LogP contribution in [0.15, 0.2) is 65.6 Å². The highest BCUT2D eigenvalue weighted by molar-refractivity contribution is 7.89. The monoisotopic (exact) mass is 469 g/mol. The molecule has 2 amide bonds. The van der Waals surface area contributed by atoms with Gasteiger partial charge in [0.25, 0.3) is 0 Å². The number of sulfonamides is 1. The molecule has 0 unspecified atom stereocenters. The Hall–Kier alpha value is -3.43. The van der Waals surface area contributed by atoms with Crippen LogP contribution in [-0.4, -0.2) is 33.4 Å². The standard InChI is InChI=1S/C24H27N3O5S/c1-15(2)23(24(29)26-21-14-19(25-16(3)28)10-12-22(21)32-4)27-33(30,31)20-11-9-17-7-5-6-8-18(17)13-20/h5-15,23,27H,1-4H3,(H,25,28)(H,26,29)/t23-/m1/s1. The van der Waals surface area contributed by atoms with Crippen LogP contribution in [0.1, 0.15) is 20.8 Å². The zero-order valence-corrected chi connectivity index (χ0v) is 19.7. The molecule has 3 N–H and O–H groups in total. The van der Waals surface area contributed by atoms with Crippen molar-refractivity contribution >= 4 is 44.0 Å². The Morgan fingerprint density at radius 2 is 1.61 bits per heavy atom. The minimum Gasteiger partial charge on any atom is -0.495 e. The average Bonchev–Trinajstić information content (AvgIpc) is 2.76. The van der Waals surface area contributed by atoms with E-state index in [0.717, 1.165) is 10.8 Å². The fourth-order valence-corrected chi connectivity index (χ4v) is 4.74. The number of fused-ring (bicyclic) bond motifs is 1. The second kappa shape index (κ2) is 10.0. The molecule has 0 heterocycles. The number of methoxy groups -OCH3 is 1. The second-order valence-corrected chi connectivity index (χ2v) is 9.65. The lowest BCUT2D eigenvalue weighted by molar-refractivity contribution is -0.118. The number of anilines is 2. The maximum atomic E-state index is 13.1. The first-order chi connectivity index (χ1) is 15.6. The summed E-state index contributed by atoms with van der Waals surface area (Å²) >= 11 is 0. The van der Waals surface area contributed by atoms with E-state index in [0.29, 0.717) is 17.1 Å². The summed E-state index contributed by atoms with van der Waals surface area (Å²) in [7, 11) is -2.52. The van der Waals surface area contributed by atoms with E-state index in [4.69, 9.17) is 4.74 Å². The van der Waals surface area contributed by atoms with Gasteiger partial charge in [0.05, 0.1) is 17.7 Å². The van der Waals surface area contributed by atoms with Gasteiger partial charge >= 0.3 is 0 Å². The van der Waals surface area contributed by atoms with E-state index in [1.807, 2.05) is 24.3 Å². The van der Waals surface area contributed by atoms with Gasteiger partial charge in [-0.3, -0.25) is 9.59 Å². The first-order valence-corrected chi connectivity index (χ1v) is 11.9. The molecule has 1 atom stereocenters. The zero-order chi connectivity index (χ0) is 24.2. The molecule has 0 spiro atoms. The molecule has 0 aliphatic heterocycles. The van der Waals surface area contributed by atoms with Crippen LogP contribution in [0.25, 0.3) is 10.8 Å². The summed E-state index contributed by atoms with van der Waals surface area (Å²) in [5.74, 6) is -0.782. The van der Waals surface area contributed by atoms with E-state index in [-0.39, 0.29) is 16.7 Å². The molecule has 0 aliphatic rings. The highest BCUT2D eigenvalue weighted by Crippen LogP contribution is 2.28. The lowest BCUT2D eigenvalue weighted by atomic mass is 10.0. The van der Waals surface area contributed by atoms with Crippen molar-refractivity contribution in [1.29, 1.82) is 0 Å². The lowest BCUT2D eigenvalue weighted by Gasteiger charge is -2.22. The third-order valence-corrected chi connectivity index (χ3v) is 6.48. The zero-order valence-electron chi connectivity index (χ0n) is 18.9. The number of nitrogens with one attached hydrogen (secondary N) is 3. The first-order valence-electron chi connectivity index (χ1n) is 10.4. The summed E-state index contributed by atoms with van der Waals surface area (Å²) in [6.45, 7) is 4.87. The minimum atomic E-state index is -3.97. The molecule has 8 nitrogen and oxygen atoms in total. The number of benzene rings is 3. The van der Waals surface area contributed by atoms with Gasteiger partial charge in [-0.2, -0.15) is 4.72 Å². The molecule has 174 valence electrons. The van der Waals surface area contributed by atoms with Crippen LogP contribution >= 0.6 is 0 Å². The Morgan fingerprint density at radius 1 is 0.909 bits per heavy atom. The summed E-state index contributed by atoms with van der Waals surface area (Å²) in [4.78, 5) is 24.5. The van der Waals surface area contributed by atoms with E-state index in [9.17, 15) is 18.0 Å². The highest BCUT2D eigenvalue weighted by Gasteiger charge is 2.29. The molecule has 0 bridgehead atoms. The lowest BCUT2D eigenvalue weighted by Crippen LogP contribution is -2.47. The largest absolute Gasteiger partial charge is 0.495 e. The summed E-state index contributed by atoms with van der Waals surface area (Å²) in [6.07, 6.45) is 0. The number of hydrogen-bond donors (Lipinski definition) is 3. The quantitative estimate of drug-likeness (QED) is 0.465. The Kier molecular flexibility index (Phi) is 7.35. The van der Waals surface area contributed by atoms with Crippen molar-refractivity contribution in [2.75, 3.05) is 17.7 Å². The molecule has 0 radical (unpaired) electrons. The Labute approximate surface area is 193 Å². The predicted octanol–water partition coefficient (Wildman–Crippen LogP) is 3.75. The van der Waals surface area contributed by atoms with E-state index < -0.39 is 22.0 Å². The maximum Gasteiger partial charge on any atom is 0.242 e. The Balaban J connectivity index is 1.86. The summed E-state index contributed by atoms with van der Waals surface area (Å²) in [5.41, 5.74) is 0.778. The second-order valence-electron chi connectivity index (χ2n) is 7.94. The molecule has 0 saturated carbocycles. The molecule has 9 heteroatoms. The van der Waals surface area contributed by atoms with Gasteiger partial charge < -0.3 is 15.4 Å². The van der Waals surface area contributed by atoms with Crippen LogP contribution in [0.2, 0.25) is 0 Å². The summed E-state index contributed by atoms with van der Waals surface area (Å²) in [6, 6.07) is 16.0. The molecular formula is C24H27N3O5S. The third kappa shape index (κ3) is 5.88. The van der Waals surface area contributed by atoms with Gasteiger partial charge in [0, 0.05) is 12.6 Å². The van der Waals surface area contributed by atoms with Gasteiger partial charge in [0.15, 0.2) is 0 Å². The smallest absolute Gasteiger partial charge is 0.242 e. The Morgan fingerprint density at radius 3 is 2.24 bits per heavy atom. The number of ether oxygens (including phenoxy) is 1. The average molecular weight is 470 g/mol. The van der Waals surface area contributed by atoms with E-state index in [1.165, 1.54) is 20.1 Å². The van der Waals surface area contributed by atoms with E-state index in [1.54, 1.807) is 44.2 Å². The minimum absolute atomic E-state index is 0.0740. The number of carbonyl (C=O) groups excluding carboxylic acids is 2. The number of rotatable bonds is 8. The normalized spacial score (nSPS) is 12.4. The highest BCUT2D eigenvalue weighted by atomic mass is 32.2. The molecule has 0 aliphatic carbocycles. The van der Waals surface area contributed by atoms with Crippen molar-refractivity contribution in [1.82, 2.24) is 4.72 Å². The van der Waals surface area contributed by atoms with E-state index in [2.05, 4.69) is 15.4 Å². The SMILES string of the molecule is COc1ccc(NC(C)=O)cc1NC(=O)[C@H](NS(=O)(=O)c1ccc2ccccc2c1)C(C)C. The molecule has 0 aromatic heterocycles. The van der Waals surface area contributed by atoms with Crippen molar-refractivity contribution in [3.8, 4) is 5.75 Å². The molecular weight excluding hydrogens is 442 g/mol. The maximum absolute atomic E-state index is 13.1. The fraction of sp³-hybridized carbons (Fsp3) is 0.250. The van der Waals surface area contributed by atoms with Gasteiger partial charge in [-0.05, 0) is 47.0 Å². The van der Waals surface area contributed by atoms with Crippen molar-refractivity contribution in [2.24, 2.45) is 5.92 Å². The van der Waals surface area contributed by atoms with Gasteiger partial charge in [-0.15, -0.1) is 0 Å². The first kappa shape index (κ1) is 24.2. The molecule has 0 fully saturated rings. The summed E-state index contributed by atoms with van der Waals surface area (Å²) < 4.78 is 34.0. The molecule has 3 aromatic carbocycles. The van der Waals surface area contributed by atoms with Crippen LogP contribution in [0.5, 0.6) is 5.75 Å². The van der Waals surface area contributed by atoms with Crippen molar-refractivity contribution in [3.63, 3.8) is 0 Å². The van der Waals surface area contributed by atoms with Crippen LogP contribution in [-0.2, 0) is 19.6 Å². The van der Waals surface area contributed by atoms with Crippen LogP contribution in [0.3, 0.4) is 0 Å². The van der Waals surface area contributed by atoms with Crippen molar-refractivity contribution in [2.45, 2.75) is 31.7 Å². The Bertz CT molecular complexity index is 1290. The number of hydrogen-bond acceptors (Lipinski definition) is 5. The van der Waals surface area contributed by atoms with Crippen LogP contribution in [0.4, 0.5) is 11.4 Å². The van der Waals surface area contributed by atoms with Crippen molar-refractivity contribution in [3.05, 3.63) is 60.7 Å². The van der Waals surface area contributed by atoms with Gasteiger partial charge in [-0.1, -0.05) is 44.2 Å². The van der Waals surface area contributed by atoms with Gasteiger partial charge in [0.1, 0.15) is 11.8 Å².